The summed E-state index contributed by atoms with van der Waals surface area (Å²) in [5.74, 6) is 0.321. The van der Waals surface area contributed by atoms with E-state index >= 15 is 0 Å². The Morgan fingerprint density at radius 3 is 2.90 bits per heavy atom. The number of carboxylic acids is 1. The minimum atomic E-state index is -0.977. The molecule has 7 heteroatoms. The van der Waals surface area contributed by atoms with Gasteiger partial charge in [-0.05, 0) is 20.4 Å². The lowest BCUT2D eigenvalue weighted by atomic mass is 10.2. The molecule has 1 aliphatic rings. The predicted octanol–water partition coefficient (Wildman–Crippen LogP) is 1.60. The molecule has 2 rings (SSSR count). The van der Waals surface area contributed by atoms with E-state index in [4.69, 9.17) is 4.74 Å². The number of aromatic carboxylic acids is 1. The van der Waals surface area contributed by atoms with E-state index in [1.165, 1.54) is 11.8 Å². The summed E-state index contributed by atoms with van der Waals surface area (Å²) in [6, 6.07) is 0. The molecule has 2 heterocycles. The lowest BCUT2D eigenvalue weighted by Gasteiger charge is -2.31. The number of carbonyl (C=O) groups is 1. The van der Waals surface area contributed by atoms with Crippen LogP contribution in [0.15, 0.2) is 5.03 Å². The summed E-state index contributed by atoms with van der Waals surface area (Å²) in [6.45, 7) is 9.20. The molecule has 0 radical (unpaired) electrons. The van der Waals surface area contributed by atoms with Crippen LogP contribution in [0, 0.1) is 13.8 Å². The van der Waals surface area contributed by atoms with Gasteiger partial charge in [0.15, 0.2) is 0 Å². The Hall–Kier alpha value is -1.18. The molecule has 1 N–H and O–H groups in total. The van der Waals surface area contributed by atoms with Crippen molar-refractivity contribution < 1.29 is 14.6 Å². The largest absolute Gasteiger partial charge is 0.478 e. The molecule has 1 unspecified atom stereocenters. The average molecular weight is 311 g/mol. The Balaban J connectivity index is 2.07. The average Bonchev–Trinajstić information content (AvgIpc) is 2.44. The summed E-state index contributed by atoms with van der Waals surface area (Å²) in [5, 5.41) is 9.85. The second-order valence-electron chi connectivity index (χ2n) is 5.04. The van der Waals surface area contributed by atoms with Crippen molar-refractivity contribution in [1.29, 1.82) is 0 Å². The molecular weight excluding hydrogens is 290 g/mol. The number of aromatic nitrogens is 2. The van der Waals surface area contributed by atoms with Crippen molar-refractivity contribution in [2.45, 2.75) is 31.9 Å². The molecule has 21 heavy (non-hydrogen) atoms. The minimum Gasteiger partial charge on any atom is -0.478 e. The molecule has 1 fully saturated rings. The molecule has 6 nitrogen and oxygen atoms in total. The third-order valence-corrected chi connectivity index (χ3v) is 4.57. The normalized spacial score (nSPS) is 19.7. The Bertz CT molecular complexity index is 524. The van der Waals surface area contributed by atoms with Crippen molar-refractivity contribution in [2.24, 2.45) is 0 Å². The molecule has 1 aromatic rings. The molecule has 1 saturated heterocycles. The second-order valence-corrected chi connectivity index (χ2v) is 6.05. The van der Waals surface area contributed by atoms with Gasteiger partial charge in [0, 0.05) is 18.8 Å². The number of morpholine rings is 1. The van der Waals surface area contributed by atoms with Crippen molar-refractivity contribution in [3.8, 4) is 0 Å². The van der Waals surface area contributed by atoms with Gasteiger partial charge in [0.2, 0.25) is 0 Å². The molecule has 1 aliphatic heterocycles. The van der Waals surface area contributed by atoms with E-state index in [9.17, 15) is 9.90 Å². The highest BCUT2D eigenvalue weighted by molar-refractivity contribution is 7.99. The molecule has 0 amide bonds. The highest BCUT2D eigenvalue weighted by Gasteiger charge is 2.22. The van der Waals surface area contributed by atoms with Gasteiger partial charge in [0.1, 0.15) is 16.4 Å². The fraction of sp³-hybridized carbons (Fsp3) is 0.643. The van der Waals surface area contributed by atoms with Gasteiger partial charge >= 0.3 is 5.97 Å². The number of rotatable bonds is 5. The van der Waals surface area contributed by atoms with Crippen LogP contribution in [0.1, 0.15) is 28.8 Å². The SMILES string of the molecule is CCN1CCOC(CSc2nc(C)nc(C)c2C(=O)O)C1. The molecule has 0 spiro atoms. The smallest absolute Gasteiger partial charge is 0.340 e. The van der Waals surface area contributed by atoms with Gasteiger partial charge in [0.25, 0.3) is 0 Å². The fourth-order valence-electron chi connectivity index (χ4n) is 2.37. The summed E-state index contributed by atoms with van der Waals surface area (Å²) in [6.07, 6.45) is 0.112. The first-order valence-corrected chi connectivity index (χ1v) is 8.05. The molecule has 0 aliphatic carbocycles. The van der Waals surface area contributed by atoms with Crippen LogP contribution in [0.3, 0.4) is 0 Å². The number of likely N-dealkylation sites (N-methyl/N-ethyl adjacent to an activating group) is 1. The van der Waals surface area contributed by atoms with Crippen LogP contribution in [0.5, 0.6) is 0 Å². The summed E-state index contributed by atoms with van der Waals surface area (Å²) >= 11 is 1.44. The summed E-state index contributed by atoms with van der Waals surface area (Å²) < 4.78 is 5.74. The monoisotopic (exact) mass is 311 g/mol. The Morgan fingerprint density at radius 2 is 2.24 bits per heavy atom. The second kappa shape index (κ2) is 7.20. The zero-order chi connectivity index (χ0) is 15.4. The lowest BCUT2D eigenvalue weighted by Crippen LogP contribution is -2.43. The minimum absolute atomic E-state index is 0.112. The van der Waals surface area contributed by atoms with E-state index in [2.05, 4.69) is 21.8 Å². The third-order valence-electron chi connectivity index (χ3n) is 3.46. The standard InChI is InChI=1S/C14H21N3O3S/c1-4-17-5-6-20-11(7-17)8-21-13-12(14(18)19)9(2)15-10(3)16-13/h11H,4-8H2,1-3H3,(H,18,19). The van der Waals surface area contributed by atoms with Gasteiger partial charge in [-0.3, -0.25) is 4.90 Å². The number of hydrogen-bond acceptors (Lipinski definition) is 6. The molecule has 1 atom stereocenters. The maximum atomic E-state index is 11.4. The van der Waals surface area contributed by atoms with E-state index in [0.717, 1.165) is 26.2 Å². The van der Waals surface area contributed by atoms with E-state index in [-0.39, 0.29) is 11.7 Å². The molecule has 116 valence electrons. The van der Waals surface area contributed by atoms with Crippen LogP contribution in [0.2, 0.25) is 0 Å². The van der Waals surface area contributed by atoms with E-state index < -0.39 is 5.97 Å². The molecular formula is C14H21N3O3S. The molecule has 0 saturated carbocycles. The Morgan fingerprint density at radius 1 is 1.48 bits per heavy atom. The zero-order valence-corrected chi connectivity index (χ0v) is 13.4. The highest BCUT2D eigenvalue weighted by atomic mass is 32.2. The number of ether oxygens (including phenoxy) is 1. The van der Waals surface area contributed by atoms with Gasteiger partial charge in [-0.2, -0.15) is 0 Å². The first kappa shape index (κ1) is 16.2. The van der Waals surface area contributed by atoms with E-state index in [1.54, 1.807) is 13.8 Å². The van der Waals surface area contributed by atoms with Crippen molar-refractivity contribution in [3.63, 3.8) is 0 Å². The van der Waals surface area contributed by atoms with Crippen molar-refractivity contribution >= 4 is 17.7 Å². The van der Waals surface area contributed by atoms with Crippen LogP contribution in [-0.2, 0) is 4.74 Å². The fourth-order valence-corrected chi connectivity index (χ4v) is 3.49. The number of hydrogen-bond donors (Lipinski definition) is 1. The quantitative estimate of drug-likeness (QED) is 0.654. The highest BCUT2D eigenvalue weighted by Crippen LogP contribution is 2.25. The van der Waals surface area contributed by atoms with Crippen molar-refractivity contribution in [1.82, 2.24) is 14.9 Å². The van der Waals surface area contributed by atoms with Gasteiger partial charge in [-0.25, -0.2) is 14.8 Å². The third kappa shape index (κ3) is 4.15. The van der Waals surface area contributed by atoms with Crippen molar-refractivity contribution in [3.05, 3.63) is 17.1 Å². The Kier molecular flexibility index (Phi) is 5.55. The molecule has 0 aromatic carbocycles. The van der Waals surface area contributed by atoms with Gasteiger partial charge in [0.05, 0.1) is 18.4 Å². The number of thioether (sulfide) groups is 1. The number of carboxylic acid groups (broad SMARTS) is 1. The van der Waals surface area contributed by atoms with Crippen LogP contribution < -0.4 is 0 Å². The topological polar surface area (TPSA) is 75.5 Å². The predicted molar refractivity (Wildman–Crippen MR) is 81.0 cm³/mol. The maximum absolute atomic E-state index is 11.4. The maximum Gasteiger partial charge on any atom is 0.340 e. The first-order valence-electron chi connectivity index (χ1n) is 7.06. The molecule has 1 aromatic heterocycles. The zero-order valence-electron chi connectivity index (χ0n) is 12.6. The summed E-state index contributed by atoms with van der Waals surface area (Å²) in [7, 11) is 0. The van der Waals surface area contributed by atoms with Crippen LogP contribution >= 0.6 is 11.8 Å². The van der Waals surface area contributed by atoms with Gasteiger partial charge in [-0.15, -0.1) is 11.8 Å². The van der Waals surface area contributed by atoms with Gasteiger partial charge < -0.3 is 9.84 Å². The van der Waals surface area contributed by atoms with E-state index in [1.807, 2.05) is 0 Å². The van der Waals surface area contributed by atoms with Gasteiger partial charge in [-0.1, -0.05) is 6.92 Å². The first-order chi connectivity index (χ1) is 10.0. The lowest BCUT2D eigenvalue weighted by molar-refractivity contribution is -0.0137. The van der Waals surface area contributed by atoms with Crippen LogP contribution in [-0.4, -0.2) is 64.0 Å². The summed E-state index contributed by atoms with van der Waals surface area (Å²) in [4.78, 5) is 22.1. The van der Waals surface area contributed by atoms with E-state index in [0.29, 0.717) is 22.3 Å². The Labute approximate surface area is 128 Å². The molecule has 0 bridgehead atoms. The van der Waals surface area contributed by atoms with Crippen LogP contribution in [0.4, 0.5) is 0 Å². The number of aryl methyl sites for hydroxylation is 2. The van der Waals surface area contributed by atoms with Crippen molar-refractivity contribution in [2.75, 3.05) is 32.0 Å². The van der Waals surface area contributed by atoms with Crippen LogP contribution in [0.25, 0.3) is 0 Å². The summed E-state index contributed by atoms with van der Waals surface area (Å²) in [5.41, 5.74) is 0.714. The number of nitrogens with zero attached hydrogens (tertiary/aromatic N) is 3.